The molecule has 2 aromatic carbocycles. The van der Waals surface area contributed by atoms with E-state index in [2.05, 4.69) is 17.1 Å². The van der Waals surface area contributed by atoms with Crippen molar-refractivity contribution < 1.29 is 32.6 Å². The van der Waals surface area contributed by atoms with Gasteiger partial charge in [0.15, 0.2) is 6.10 Å². The summed E-state index contributed by atoms with van der Waals surface area (Å²) < 4.78 is 45.3. The standard InChI is InChI=1S/C25H29F3N2O4/c1-15-6-5-11-30(14-15)18-9-10-20(19(12-18)24(32)33)29-23(31)21(13-25(26,27)28)34-22-16(2)7-4-8-17(22)3/h4,7-10,12,15,21H,5-6,11,13-14H2,1-3H3,(H,29,31)(H,32,33)/t15-,21+/m1/s1. The number of carbonyl (C=O) groups excluding carboxylic acids is 1. The molecule has 0 bridgehead atoms. The van der Waals surface area contributed by atoms with Gasteiger partial charge >= 0.3 is 12.1 Å². The Bertz CT molecular complexity index is 1030. The first kappa shape index (κ1) is 25.4. The number of nitrogens with zero attached hydrogens (tertiary/aromatic N) is 1. The number of para-hydroxylation sites is 1. The lowest BCUT2D eigenvalue weighted by Gasteiger charge is -2.33. The number of amides is 1. The number of carbonyl (C=O) groups is 2. The topological polar surface area (TPSA) is 78.9 Å². The second-order valence-electron chi connectivity index (χ2n) is 8.86. The van der Waals surface area contributed by atoms with Gasteiger partial charge < -0.3 is 20.1 Å². The van der Waals surface area contributed by atoms with Gasteiger partial charge in [-0.15, -0.1) is 0 Å². The lowest BCUT2D eigenvalue weighted by atomic mass is 9.99. The molecule has 0 spiro atoms. The van der Waals surface area contributed by atoms with Crippen molar-refractivity contribution >= 4 is 23.3 Å². The molecular formula is C25H29F3N2O4. The summed E-state index contributed by atoms with van der Waals surface area (Å²) in [5.41, 5.74) is 1.60. The fourth-order valence-electron chi connectivity index (χ4n) is 4.18. The van der Waals surface area contributed by atoms with E-state index >= 15 is 0 Å². The minimum absolute atomic E-state index is 0.0800. The number of rotatable bonds is 7. The van der Waals surface area contributed by atoms with E-state index < -0.39 is 30.6 Å². The molecular weight excluding hydrogens is 449 g/mol. The summed E-state index contributed by atoms with van der Waals surface area (Å²) in [6, 6.07) is 9.62. The third-order valence-electron chi connectivity index (χ3n) is 5.89. The number of hydrogen-bond acceptors (Lipinski definition) is 4. The van der Waals surface area contributed by atoms with Crippen molar-refractivity contribution in [3.8, 4) is 5.75 Å². The van der Waals surface area contributed by atoms with Crippen molar-refractivity contribution in [1.82, 2.24) is 0 Å². The van der Waals surface area contributed by atoms with Crippen LogP contribution in [-0.4, -0.2) is 42.4 Å². The van der Waals surface area contributed by atoms with E-state index in [0.29, 0.717) is 22.7 Å². The second kappa shape index (κ2) is 10.4. The maximum absolute atomic E-state index is 13.2. The second-order valence-corrected chi connectivity index (χ2v) is 8.86. The molecule has 9 heteroatoms. The van der Waals surface area contributed by atoms with Crippen LogP contribution in [0.5, 0.6) is 5.75 Å². The Morgan fingerprint density at radius 1 is 1.21 bits per heavy atom. The number of piperidine rings is 1. The van der Waals surface area contributed by atoms with Gasteiger partial charge in [-0.05, 0) is 61.9 Å². The van der Waals surface area contributed by atoms with Crippen molar-refractivity contribution in [2.24, 2.45) is 5.92 Å². The number of aryl methyl sites for hydroxylation is 2. The summed E-state index contributed by atoms with van der Waals surface area (Å²) in [7, 11) is 0. The molecule has 0 radical (unpaired) electrons. The van der Waals surface area contributed by atoms with Gasteiger partial charge in [-0.1, -0.05) is 25.1 Å². The first-order valence-electron chi connectivity index (χ1n) is 11.2. The molecule has 184 valence electrons. The van der Waals surface area contributed by atoms with E-state index in [4.69, 9.17) is 4.74 Å². The number of aromatic carboxylic acids is 1. The number of ether oxygens (including phenoxy) is 1. The Kier molecular flexibility index (Phi) is 7.74. The third kappa shape index (κ3) is 6.42. The van der Waals surface area contributed by atoms with Crippen LogP contribution in [0.15, 0.2) is 36.4 Å². The summed E-state index contributed by atoms with van der Waals surface area (Å²) in [6.45, 7) is 7.03. The summed E-state index contributed by atoms with van der Waals surface area (Å²) in [6.07, 6.45) is -5.99. The Hall–Kier alpha value is -3.23. The highest BCUT2D eigenvalue weighted by atomic mass is 19.4. The number of halogens is 3. The summed E-state index contributed by atoms with van der Waals surface area (Å²) in [5, 5.41) is 12.1. The Balaban J connectivity index is 1.87. The van der Waals surface area contributed by atoms with Crippen LogP contribution in [0.1, 0.15) is 47.7 Å². The van der Waals surface area contributed by atoms with E-state index in [1.54, 1.807) is 38.1 Å². The fraction of sp³-hybridized carbons (Fsp3) is 0.440. The van der Waals surface area contributed by atoms with Crippen LogP contribution in [0.4, 0.5) is 24.5 Å². The molecule has 0 aliphatic carbocycles. The molecule has 3 rings (SSSR count). The van der Waals surface area contributed by atoms with Crippen molar-refractivity contribution in [2.45, 2.75) is 52.3 Å². The van der Waals surface area contributed by atoms with Crippen LogP contribution in [0.25, 0.3) is 0 Å². The number of hydrogen-bond donors (Lipinski definition) is 2. The highest BCUT2D eigenvalue weighted by Gasteiger charge is 2.37. The zero-order valence-corrected chi connectivity index (χ0v) is 19.4. The lowest BCUT2D eigenvalue weighted by Crippen LogP contribution is -2.37. The van der Waals surface area contributed by atoms with Crippen molar-refractivity contribution in [3.05, 3.63) is 53.1 Å². The molecule has 0 aromatic heterocycles. The van der Waals surface area contributed by atoms with Crippen LogP contribution < -0.4 is 15.0 Å². The maximum atomic E-state index is 13.2. The number of carboxylic acids is 1. The van der Waals surface area contributed by atoms with E-state index in [1.165, 1.54) is 12.1 Å². The number of anilines is 2. The van der Waals surface area contributed by atoms with Crippen LogP contribution in [-0.2, 0) is 4.79 Å². The molecule has 1 fully saturated rings. The minimum atomic E-state index is -4.66. The molecule has 1 aliphatic rings. The first-order chi connectivity index (χ1) is 15.9. The summed E-state index contributed by atoms with van der Waals surface area (Å²) >= 11 is 0. The van der Waals surface area contributed by atoms with Gasteiger partial charge in [0.05, 0.1) is 17.7 Å². The summed E-state index contributed by atoms with van der Waals surface area (Å²) in [5.74, 6) is -1.70. The molecule has 2 N–H and O–H groups in total. The Labute approximate surface area is 196 Å². The summed E-state index contributed by atoms with van der Waals surface area (Å²) in [4.78, 5) is 26.9. The van der Waals surface area contributed by atoms with Crippen LogP contribution in [0, 0.1) is 19.8 Å². The minimum Gasteiger partial charge on any atom is -0.480 e. The zero-order valence-electron chi connectivity index (χ0n) is 19.4. The third-order valence-corrected chi connectivity index (χ3v) is 5.89. The molecule has 1 amide bonds. The number of alkyl halides is 3. The molecule has 0 saturated carbocycles. The predicted octanol–water partition coefficient (Wildman–Crippen LogP) is 5.58. The van der Waals surface area contributed by atoms with Crippen molar-refractivity contribution in [1.29, 1.82) is 0 Å². The molecule has 2 aromatic rings. The SMILES string of the molecule is Cc1cccc(C)c1O[C@@H](CC(F)(F)F)C(=O)Nc1ccc(N2CCC[C@@H](C)C2)cc1C(=O)O. The van der Waals surface area contributed by atoms with Crippen molar-refractivity contribution in [2.75, 3.05) is 23.3 Å². The van der Waals surface area contributed by atoms with Gasteiger partial charge in [0.1, 0.15) is 5.75 Å². The van der Waals surface area contributed by atoms with E-state index in [-0.39, 0.29) is 17.0 Å². The fourth-order valence-corrected chi connectivity index (χ4v) is 4.18. The molecule has 6 nitrogen and oxygen atoms in total. The number of nitrogens with one attached hydrogen (secondary N) is 1. The van der Waals surface area contributed by atoms with Crippen LogP contribution in [0.2, 0.25) is 0 Å². The van der Waals surface area contributed by atoms with Crippen molar-refractivity contribution in [3.63, 3.8) is 0 Å². The molecule has 0 unspecified atom stereocenters. The smallest absolute Gasteiger partial charge is 0.393 e. The van der Waals surface area contributed by atoms with E-state index in [1.807, 2.05) is 0 Å². The molecule has 1 saturated heterocycles. The van der Waals surface area contributed by atoms with Crippen LogP contribution in [0.3, 0.4) is 0 Å². The molecule has 34 heavy (non-hydrogen) atoms. The lowest BCUT2D eigenvalue weighted by molar-refractivity contribution is -0.158. The average Bonchev–Trinajstić information content (AvgIpc) is 2.74. The van der Waals surface area contributed by atoms with Gasteiger partial charge in [0.25, 0.3) is 5.91 Å². The average molecular weight is 479 g/mol. The van der Waals surface area contributed by atoms with Gasteiger partial charge in [0, 0.05) is 18.8 Å². The maximum Gasteiger partial charge on any atom is 0.393 e. The van der Waals surface area contributed by atoms with Gasteiger partial charge in [0.2, 0.25) is 0 Å². The predicted molar refractivity (Wildman–Crippen MR) is 124 cm³/mol. The van der Waals surface area contributed by atoms with Gasteiger partial charge in [-0.2, -0.15) is 13.2 Å². The Morgan fingerprint density at radius 2 is 1.88 bits per heavy atom. The molecule has 1 heterocycles. The van der Waals surface area contributed by atoms with Gasteiger partial charge in [-0.25, -0.2) is 4.79 Å². The van der Waals surface area contributed by atoms with E-state index in [0.717, 1.165) is 25.9 Å². The number of carboxylic acid groups (broad SMARTS) is 1. The molecule has 2 atom stereocenters. The first-order valence-corrected chi connectivity index (χ1v) is 11.2. The highest BCUT2D eigenvalue weighted by Crippen LogP contribution is 2.31. The van der Waals surface area contributed by atoms with Gasteiger partial charge in [-0.3, -0.25) is 4.79 Å². The van der Waals surface area contributed by atoms with E-state index in [9.17, 15) is 27.9 Å². The Morgan fingerprint density at radius 3 is 2.47 bits per heavy atom. The van der Waals surface area contributed by atoms with Crippen LogP contribution >= 0.6 is 0 Å². The normalized spacial score (nSPS) is 17.2. The largest absolute Gasteiger partial charge is 0.480 e. The monoisotopic (exact) mass is 478 g/mol. The number of benzene rings is 2. The highest BCUT2D eigenvalue weighted by molar-refractivity contribution is 6.02. The molecule has 1 aliphatic heterocycles. The zero-order chi connectivity index (χ0) is 25.0. The quantitative estimate of drug-likeness (QED) is 0.544.